The van der Waals surface area contributed by atoms with Gasteiger partial charge in [0.15, 0.2) is 11.3 Å². The van der Waals surface area contributed by atoms with Crippen LogP contribution in [0, 0.1) is 5.82 Å². The van der Waals surface area contributed by atoms with Crippen molar-refractivity contribution < 1.29 is 33.0 Å². The van der Waals surface area contributed by atoms with Crippen molar-refractivity contribution in [3.05, 3.63) is 105 Å². The fourth-order valence-corrected chi connectivity index (χ4v) is 4.57. The van der Waals surface area contributed by atoms with Crippen molar-refractivity contribution in [3.8, 4) is 5.75 Å². The number of esters is 3. The quantitative estimate of drug-likeness (QED) is 0.241. The number of hydrogen-bond acceptors (Lipinski definition) is 8. The number of pyridine rings is 2. The van der Waals surface area contributed by atoms with Crippen LogP contribution in [0.1, 0.15) is 71.5 Å². The molecule has 0 unspecified atom stereocenters. The molecule has 0 N–H and O–H groups in total. The van der Waals surface area contributed by atoms with Gasteiger partial charge in [-0.25, -0.2) is 14.0 Å². The lowest BCUT2D eigenvalue weighted by atomic mass is 9.97. The lowest BCUT2D eigenvalue weighted by Crippen LogP contribution is -2.28. The number of aromatic nitrogens is 2. The maximum atomic E-state index is 14.2. The lowest BCUT2D eigenvalue weighted by Gasteiger charge is -2.19. The molecule has 0 amide bonds. The van der Waals surface area contributed by atoms with Crippen molar-refractivity contribution in [2.75, 3.05) is 6.61 Å². The molecule has 224 valence electrons. The summed E-state index contributed by atoms with van der Waals surface area (Å²) in [6.45, 7) is 6.94. The van der Waals surface area contributed by atoms with Crippen LogP contribution in [-0.4, -0.2) is 39.7 Å². The van der Waals surface area contributed by atoms with Gasteiger partial charge in [0.1, 0.15) is 16.9 Å². The normalized spacial score (nSPS) is 11.3. The van der Waals surface area contributed by atoms with Gasteiger partial charge in [0.25, 0.3) is 5.56 Å². The highest BCUT2D eigenvalue weighted by molar-refractivity contribution is 6.01. The number of benzene rings is 2. The summed E-state index contributed by atoms with van der Waals surface area (Å²) < 4.78 is 31.5. The van der Waals surface area contributed by atoms with Crippen LogP contribution in [-0.2, 0) is 34.2 Å². The number of hydrogen-bond donors (Lipinski definition) is 0. The predicted octanol–water partition coefficient (Wildman–Crippen LogP) is 5.33. The van der Waals surface area contributed by atoms with Crippen LogP contribution in [0.2, 0.25) is 0 Å². The number of fused-ring (bicyclic) bond motifs is 1. The second-order valence-corrected chi connectivity index (χ2v) is 10.9. The zero-order valence-corrected chi connectivity index (χ0v) is 24.7. The Labute approximate surface area is 248 Å². The molecule has 0 saturated heterocycles. The maximum absolute atomic E-state index is 14.2. The molecule has 0 atom stereocenters. The second-order valence-electron chi connectivity index (χ2n) is 10.9. The third-order valence-electron chi connectivity index (χ3n) is 6.51. The van der Waals surface area contributed by atoms with Gasteiger partial charge in [-0.1, -0.05) is 24.3 Å². The van der Waals surface area contributed by atoms with E-state index >= 15 is 0 Å². The SMILES string of the molecule is CCOC(=O)c1c(OC(=O)c2ccccc2)c2ncc(Cc3ccc(F)cc3CCC(=O)OC(C)(C)C)cc2n(C)c1=O. The summed E-state index contributed by atoms with van der Waals surface area (Å²) in [6, 6.07) is 14.2. The molecule has 0 spiro atoms. The van der Waals surface area contributed by atoms with Crippen molar-refractivity contribution in [1.29, 1.82) is 0 Å². The molecule has 2 aromatic heterocycles. The highest BCUT2D eigenvalue weighted by Crippen LogP contribution is 2.29. The Morgan fingerprint density at radius 1 is 0.977 bits per heavy atom. The topological polar surface area (TPSA) is 114 Å². The summed E-state index contributed by atoms with van der Waals surface area (Å²) in [5.74, 6) is -2.82. The van der Waals surface area contributed by atoms with E-state index in [1.807, 2.05) is 0 Å². The molecule has 2 aromatic carbocycles. The van der Waals surface area contributed by atoms with Crippen molar-refractivity contribution in [2.45, 2.75) is 52.6 Å². The van der Waals surface area contributed by atoms with E-state index in [0.717, 1.165) is 5.56 Å². The first-order valence-electron chi connectivity index (χ1n) is 13.8. The van der Waals surface area contributed by atoms with Crippen molar-refractivity contribution >= 4 is 28.9 Å². The van der Waals surface area contributed by atoms with E-state index in [1.165, 1.54) is 29.9 Å². The van der Waals surface area contributed by atoms with Crippen molar-refractivity contribution in [1.82, 2.24) is 9.55 Å². The van der Waals surface area contributed by atoms with Crippen LogP contribution in [0.4, 0.5) is 4.39 Å². The van der Waals surface area contributed by atoms with Crippen LogP contribution in [0.5, 0.6) is 5.75 Å². The number of nitrogens with zero attached hydrogens (tertiary/aromatic N) is 2. The molecule has 4 rings (SSSR count). The van der Waals surface area contributed by atoms with E-state index in [2.05, 4.69) is 4.98 Å². The molecule has 43 heavy (non-hydrogen) atoms. The number of carbonyl (C=O) groups excluding carboxylic acids is 3. The number of halogens is 1. The summed E-state index contributed by atoms with van der Waals surface area (Å²) >= 11 is 0. The van der Waals surface area contributed by atoms with E-state index < -0.39 is 34.5 Å². The largest absolute Gasteiger partial charge is 0.462 e. The molecule has 2 heterocycles. The van der Waals surface area contributed by atoms with Gasteiger partial charge in [-0.15, -0.1) is 0 Å². The van der Waals surface area contributed by atoms with Crippen molar-refractivity contribution in [3.63, 3.8) is 0 Å². The summed E-state index contributed by atoms with van der Waals surface area (Å²) in [5.41, 5.74) is 0.909. The van der Waals surface area contributed by atoms with Crippen LogP contribution >= 0.6 is 0 Å². The van der Waals surface area contributed by atoms with Gasteiger partial charge in [-0.3, -0.25) is 14.6 Å². The molecule has 10 heteroatoms. The Balaban J connectivity index is 1.73. The molecule has 4 aromatic rings. The van der Waals surface area contributed by atoms with Gasteiger partial charge in [-0.2, -0.15) is 0 Å². The van der Waals surface area contributed by atoms with Gasteiger partial charge in [0, 0.05) is 19.7 Å². The van der Waals surface area contributed by atoms with Gasteiger partial charge in [0.05, 0.1) is 17.7 Å². The molecule has 0 radical (unpaired) electrons. The van der Waals surface area contributed by atoms with Crippen LogP contribution in [0.15, 0.2) is 65.6 Å². The Kier molecular flexibility index (Phi) is 9.38. The third kappa shape index (κ3) is 7.51. The predicted molar refractivity (Wildman–Crippen MR) is 158 cm³/mol. The molecule has 0 saturated carbocycles. The number of rotatable bonds is 9. The van der Waals surface area contributed by atoms with E-state index in [1.54, 1.807) is 70.2 Å². The Morgan fingerprint density at radius 3 is 2.37 bits per heavy atom. The second kappa shape index (κ2) is 13.0. The average Bonchev–Trinajstić information content (AvgIpc) is 2.95. The standard InChI is InChI=1S/C33H33FN2O7/c1-6-41-32(40)27-29(42-31(39)21-10-8-7-9-11-21)28-25(36(5)30(27)38)17-20(19-35-28)16-22-12-14-24(34)18-23(22)13-15-26(37)43-33(2,3)4/h7-12,14,17-19H,6,13,15-16H2,1-5H3. The lowest BCUT2D eigenvalue weighted by molar-refractivity contribution is -0.154. The van der Waals surface area contributed by atoms with E-state index in [4.69, 9.17) is 14.2 Å². The van der Waals surface area contributed by atoms with Crippen molar-refractivity contribution in [2.24, 2.45) is 7.05 Å². The van der Waals surface area contributed by atoms with E-state index in [0.29, 0.717) is 23.1 Å². The fraction of sp³-hybridized carbons (Fsp3) is 0.303. The summed E-state index contributed by atoms with van der Waals surface area (Å²) in [7, 11) is 1.48. The van der Waals surface area contributed by atoms with Crippen LogP contribution in [0.25, 0.3) is 11.0 Å². The highest BCUT2D eigenvalue weighted by atomic mass is 19.1. The molecular formula is C33H33FN2O7. The summed E-state index contributed by atoms with van der Waals surface area (Å²) in [6.07, 6.45) is 2.18. The molecule has 0 bridgehead atoms. The molecule has 0 aliphatic heterocycles. The Hall–Kier alpha value is -4.86. The smallest absolute Gasteiger partial charge is 0.347 e. The summed E-state index contributed by atoms with van der Waals surface area (Å²) in [4.78, 5) is 56.0. The van der Waals surface area contributed by atoms with E-state index in [9.17, 15) is 23.6 Å². The van der Waals surface area contributed by atoms with Gasteiger partial charge >= 0.3 is 17.9 Å². The molecule has 0 aliphatic carbocycles. The highest BCUT2D eigenvalue weighted by Gasteiger charge is 2.27. The first-order valence-corrected chi connectivity index (χ1v) is 13.8. The van der Waals surface area contributed by atoms with Crippen LogP contribution in [0.3, 0.4) is 0 Å². The average molecular weight is 589 g/mol. The molecular weight excluding hydrogens is 555 g/mol. The Bertz CT molecular complexity index is 1740. The monoisotopic (exact) mass is 588 g/mol. The number of ether oxygens (including phenoxy) is 3. The first-order chi connectivity index (χ1) is 20.4. The van der Waals surface area contributed by atoms with Gasteiger partial charge in [0.2, 0.25) is 0 Å². The maximum Gasteiger partial charge on any atom is 0.347 e. The number of aryl methyl sites for hydroxylation is 2. The summed E-state index contributed by atoms with van der Waals surface area (Å²) in [5, 5.41) is 0. The number of carbonyl (C=O) groups is 3. The zero-order valence-electron chi connectivity index (χ0n) is 24.7. The van der Waals surface area contributed by atoms with Gasteiger partial charge < -0.3 is 18.8 Å². The zero-order chi connectivity index (χ0) is 31.3. The molecule has 0 aliphatic rings. The molecule has 0 fully saturated rings. The minimum atomic E-state index is -0.937. The third-order valence-corrected chi connectivity index (χ3v) is 6.51. The minimum absolute atomic E-state index is 0.00634. The fourth-order valence-electron chi connectivity index (χ4n) is 4.57. The first kappa shape index (κ1) is 31.1. The van der Waals surface area contributed by atoms with E-state index in [-0.39, 0.29) is 42.2 Å². The molecule has 9 nitrogen and oxygen atoms in total. The van der Waals surface area contributed by atoms with Crippen LogP contribution < -0.4 is 10.3 Å². The van der Waals surface area contributed by atoms with Gasteiger partial charge in [-0.05, 0) is 87.6 Å². The Morgan fingerprint density at radius 2 is 1.70 bits per heavy atom. The minimum Gasteiger partial charge on any atom is -0.462 e.